The van der Waals surface area contributed by atoms with Gasteiger partial charge in [0.25, 0.3) is 0 Å². The van der Waals surface area contributed by atoms with Gasteiger partial charge in [-0.25, -0.2) is 9.78 Å². The van der Waals surface area contributed by atoms with Gasteiger partial charge in [0.15, 0.2) is 0 Å². The fourth-order valence-corrected chi connectivity index (χ4v) is 3.45. The number of carboxylic acid groups (broad SMARTS) is 1. The number of unbranched alkanes of at least 4 members (excludes halogenated alkanes) is 1. The average Bonchev–Trinajstić information content (AvgIpc) is 3.36. The second-order valence-electron chi connectivity index (χ2n) is 8.22. The van der Waals surface area contributed by atoms with Crippen molar-refractivity contribution in [3.05, 3.63) is 48.0 Å². The Bertz CT molecular complexity index is 997. The molecule has 0 fully saturated rings. The van der Waals surface area contributed by atoms with E-state index in [0.717, 1.165) is 0 Å². The van der Waals surface area contributed by atoms with Crippen LogP contribution < -0.4 is 27.4 Å². The summed E-state index contributed by atoms with van der Waals surface area (Å²) in [5.41, 5.74) is 12.0. The zero-order valence-corrected chi connectivity index (χ0v) is 19.8. The first-order valence-electron chi connectivity index (χ1n) is 11.5. The maximum Gasteiger partial charge on any atom is 0.326 e. The number of nitrogens with one attached hydrogen (secondary N) is 4. The number of hydrogen-bond acceptors (Lipinski definition) is 8. The number of nitrogens with zero attached hydrogens (tertiary/aromatic N) is 1. The summed E-state index contributed by atoms with van der Waals surface area (Å²) in [6, 6.07) is 2.62. The van der Waals surface area contributed by atoms with Crippen molar-refractivity contribution in [2.24, 2.45) is 11.5 Å². The Morgan fingerprint density at radius 2 is 1.58 bits per heavy atom. The second-order valence-corrected chi connectivity index (χ2v) is 8.22. The molecule has 2 aromatic rings. The van der Waals surface area contributed by atoms with Gasteiger partial charge in [-0.05, 0) is 43.5 Å². The summed E-state index contributed by atoms with van der Waals surface area (Å²) in [5.74, 6) is -3.11. The summed E-state index contributed by atoms with van der Waals surface area (Å²) >= 11 is 0. The van der Waals surface area contributed by atoms with Crippen molar-refractivity contribution in [3.63, 3.8) is 0 Å². The van der Waals surface area contributed by atoms with Crippen molar-refractivity contribution in [1.29, 1.82) is 0 Å². The van der Waals surface area contributed by atoms with Gasteiger partial charge in [0.1, 0.15) is 23.9 Å². The molecule has 13 nitrogen and oxygen atoms in total. The highest BCUT2D eigenvalue weighted by Crippen LogP contribution is 2.12. The maximum absolute atomic E-state index is 13.2. The van der Waals surface area contributed by atoms with Crippen molar-refractivity contribution in [3.8, 4) is 5.75 Å². The van der Waals surface area contributed by atoms with E-state index < -0.39 is 41.8 Å². The smallest absolute Gasteiger partial charge is 0.326 e. The number of carboxylic acids is 1. The number of nitrogens with two attached hydrogens (primary N) is 2. The Morgan fingerprint density at radius 3 is 2.17 bits per heavy atom. The predicted octanol–water partition coefficient (Wildman–Crippen LogP) is -1.47. The molecule has 3 unspecified atom stereocenters. The molecule has 13 heteroatoms. The molecule has 36 heavy (non-hydrogen) atoms. The average molecular weight is 504 g/mol. The molecular weight excluding hydrogens is 470 g/mol. The fourth-order valence-electron chi connectivity index (χ4n) is 3.45. The number of aromatic nitrogens is 2. The van der Waals surface area contributed by atoms with E-state index in [0.29, 0.717) is 30.6 Å². The molecule has 10 N–H and O–H groups in total. The number of carbonyl (C=O) groups is 4. The van der Waals surface area contributed by atoms with Crippen molar-refractivity contribution in [1.82, 2.24) is 25.9 Å². The Morgan fingerprint density at radius 1 is 0.917 bits per heavy atom. The summed E-state index contributed by atoms with van der Waals surface area (Å²) < 4.78 is 0. The van der Waals surface area contributed by atoms with E-state index in [9.17, 15) is 29.4 Å². The van der Waals surface area contributed by atoms with E-state index in [2.05, 4.69) is 25.9 Å². The van der Waals surface area contributed by atoms with Gasteiger partial charge in [-0.3, -0.25) is 14.4 Å². The number of imidazole rings is 1. The number of carbonyl (C=O) groups excluding carboxylic acids is 3. The molecule has 3 amide bonds. The van der Waals surface area contributed by atoms with E-state index in [-0.39, 0.29) is 31.6 Å². The van der Waals surface area contributed by atoms with Gasteiger partial charge in [-0.15, -0.1) is 0 Å². The molecule has 0 radical (unpaired) electrons. The van der Waals surface area contributed by atoms with Crippen LogP contribution in [0.1, 0.15) is 30.5 Å². The van der Waals surface area contributed by atoms with E-state index in [1.54, 1.807) is 12.1 Å². The lowest BCUT2D eigenvalue weighted by atomic mass is 10.0. The topological polar surface area (TPSA) is 226 Å². The number of H-pyrrole nitrogens is 1. The van der Waals surface area contributed by atoms with Crippen LogP contribution in [0.5, 0.6) is 5.75 Å². The van der Waals surface area contributed by atoms with Crippen LogP contribution in [-0.2, 0) is 32.0 Å². The van der Waals surface area contributed by atoms with Crippen LogP contribution in [-0.4, -0.2) is 75.1 Å². The minimum Gasteiger partial charge on any atom is -0.508 e. The second kappa shape index (κ2) is 14.4. The SMILES string of the molecule is NCCCCC(NC(=O)CN)C(=O)NC(Cc1ccc(O)cc1)C(=O)NC(Cc1cnc[nH]1)C(=O)O. The van der Waals surface area contributed by atoms with Crippen molar-refractivity contribution in [2.75, 3.05) is 13.1 Å². The molecule has 0 aliphatic heterocycles. The van der Waals surface area contributed by atoms with Crippen LogP contribution in [0.2, 0.25) is 0 Å². The van der Waals surface area contributed by atoms with Gasteiger partial charge < -0.3 is 42.6 Å². The van der Waals surface area contributed by atoms with Gasteiger partial charge in [0.2, 0.25) is 17.7 Å². The minimum atomic E-state index is -1.28. The zero-order valence-electron chi connectivity index (χ0n) is 19.8. The van der Waals surface area contributed by atoms with Gasteiger partial charge in [0.05, 0.1) is 12.9 Å². The van der Waals surface area contributed by atoms with Gasteiger partial charge in [-0.2, -0.15) is 0 Å². The molecule has 0 bridgehead atoms. The van der Waals surface area contributed by atoms with E-state index in [1.807, 2.05) is 0 Å². The summed E-state index contributed by atoms with van der Waals surface area (Å²) in [5, 5.41) is 26.8. The quantitative estimate of drug-likeness (QED) is 0.132. The number of phenolic OH excluding ortho intramolecular Hbond substituents is 1. The Balaban J connectivity index is 2.22. The highest BCUT2D eigenvalue weighted by molar-refractivity contribution is 5.93. The first-order valence-corrected chi connectivity index (χ1v) is 11.5. The van der Waals surface area contributed by atoms with Crippen molar-refractivity contribution >= 4 is 23.7 Å². The molecule has 3 atom stereocenters. The Labute approximate surface area is 208 Å². The molecule has 0 aliphatic carbocycles. The van der Waals surface area contributed by atoms with Crippen LogP contribution in [0.25, 0.3) is 0 Å². The normalized spacial score (nSPS) is 13.3. The largest absolute Gasteiger partial charge is 0.508 e. The van der Waals surface area contributed by atoms with Crippen molar-refractivity contribution < 1.29 is 29.4 Å². The monoisotopic (exact) mass is 503 g/mol. The highest BCUT2D eigenvalue weighted by Gasteiger charge is 2.30. The molecule has 196 valence electrons. The third kappa shape index (κ3) is 9.35. The molecule has 2 rings (SSSR count). The van der Waals surface area contributed by atoms with Crippen LogP contribution in [0.3, 0.4) is 0 Å². The number of benzene rings is 1. The van der Waals surface area contributed by atoms with Gasteiger partial charge >= 0.3 is 5.97 Å². The van der Waals surface area contributed by atoms with E-state index >= 15 is 0 Å². The first kappa shape index (κ1) is 28.3. The molecule has 0 aliphatic rings. The standard InChI is InChI=1S/C23H33N7O6/c24-8-2-1-3-17(28-20(32)11-25)21(33)29-18(9-14-4-6-16(31)7-5-14)22(34)30-19(23(35)36)10-15-12-26-13-27-15/h4-7,12-13,17-19,31H,1-3,8-11,24-25H2,(H,26,27)(H,28,32)(H,29,33)(H,30,34)(H,35,36). The molecule has 0 saturated heterocycles. The number of aromatic hydroxyl groups is 1. The zero-order chi connectivity index (χ0) is 26.5. The van der Waals surface area contributed by atoms with E-state index in [4.69, 9.17) is 11.5 Å². The number of rotatable bonds is 15. The number of aromatic amines is 1. The molecule has 0 saturated carbocycles. The number of amides is 3. The van der Waals surface area contributed by atoms with Crippen LogP contribution in [0.15, 0.2) is 36.8 Å². The molecule has 1 aromatic carbocycles. The van der Waals surface area contributed by atoms with E-state index in [1.165, 1.54) is 24.7 Å². The Kier molecular flexibility index (Phi) is 11.3. The first-order chi connectivity index (χ1) is 17.2. The number of hydrogen-bond donors (Lipinski definition) is 8. The van der Waals surface area contributed by atoms with Crippen molar-refractivity contribution in [2.45, 2.75) is 50.2 Å². The van der Waals surface area contributed by atoms with Crippen LogP contribution >= 0.6 is 0 Å². The van der Waals surface area contributed by atoms with Gasteiger partial charge in [-0.1, -0.05) is 12.1 Å². The fraction of sp³-hybridized carbons (Fsp3) is 0.435. The third-order valence-electron chi connectivity index (χ3n) is 5.39. The summed E-state index contributed by atoms with van der Waals surface area (Å²) in [4.78, 5) is 56.5. The molecular formula is C23H33N7O6. The molecule has 1 heterocycles. The minimum absolute atomic E-state index is 0.00854. The summed E-state index contributed by atoms with van der Waals surface area (Å²) in [6.07, 6.45) is 4.27. The van der Waals surface area contributed by atoms with Crippen LogP contribution in [0, 0.1) is 0 Å². The maximum atomic E-state index is 13.2. The predicted molar refractivity (Wildman–Crippen MR) is 129 cm³/mol. The molecule has 1 aromatic heterocycles. The third-order valence-corrected chi connectivity index (χ3v) is 5.39. The lowest BCUT2D eigenvalue weighted by molar-refractivity contribution is -0.142. The lowest BCUT2D eigenvalue weighted by Crippen LogP contribution is -2.57. The summed E-state index contributed by atoms with van der Waals surface area (Å²) in [6.45, 7) is 0.101. The summed E-state index contributed by atoms with van der Waals surface area (Å²) in [7, 11) is 0. The number of aliphatic carboxylic acids is 1. The van der Waals surface area contributed by atoms with Gasteiger partial charge in [0, 0.05) is 24.7 Å². The molecule has 0 spiro atoms. The Hall–Kier alpha value is -3.97. The van der Waals surface area contributed by atoms with Crippen LogP contribution in [0.4, 0.5) is 0 Å². The number of phenols is 1. The lowest BCUT2D eigenvalue weighted by Gasteiger charge is -2.24. The highest BCUT2D eigenvalue weighted by atomic mass is 16.4.